The number of carbonyl (C=O) groups is 2. The van der Waals surface area contributed by atoms with Crippen LogP contribution in [0.4, 0.5) is 5.69 Å². The van der Waals surface area contributed by atoms with E-state index in [0.29, 0.717) is 6.54 Å². The quantitative estimate of drug-likeness (QED) is 0.490. The van der Waals surface area contributed by atoms with Crippen LogP contribution in [0.15, 0.2) is 52.5 Å². The first kappa shape index (κ1) is 19.2. The number of amides is 2. The van der Waals surface area contributed by atoms with Gasteiger partial charge < -0.3 is 4.90 Å². The molecule has 3 rings (SSSR count). The standard InChI is InChI=1S/C21H23N3O2S/c1-14-4-7-18(10-15(14)2)24-13-17(11-20(24)25)21(26)23-22-12-16-5-8-19(27-3)9-6-16/h4-10,12,17H,11,13H2,1-3H3,(H,23,26)/b22-12-/t17-/m0/s1. The van der Waals surface area contributed by atoms with Crippen molar-refractivity contribution in [3.8, 4) is 0 Å². The summed E-state index contributed by atoms with van der Waals surface area (Å²) < 4.78 is 0. The number of hydrogen-bond donors (Lipinski definition) is 1. The summed E-state index contributed by atoms with van der Waals surface area (Å²) in [4.78, 5) is 27.6. The van der Waals surface area contributed by atoms with Crippen LogP contribution in [-0.4, -0.2) is 30.8 Å². The van der Waals surface area contributed by atoms with Crippen molar-refractivity contribution in [3.63, 3.8) is 0 Å². The van der Waals surface area contributed by atoms with Crippen molar-refractivity contribution in [2.24, 2.45) is 11.0 Å². The van der Waals surface area contributed by atoms with Crippen molar-refractivity contribution in [2.45, 2.75) is 25.2 Å². The Kier molecular flexibility index (Phi) is 5.96. The minimum Gasteiger partial charge on any atom is -0.312 e. The molecule has 0 aromatic heterocycles. The normalized spacial score (nSPS) is 16.9. The number of anilines is 1. The number of hydrazone groups is 1. The number of nitrogens with one attached hydrogen (secondary N) is 1. The molecule has 5 nitrogen and oxygen atoms in total. The van der Waals surface area contributed by atoms with Crippen LogP contribution < -0.4 is 10.3 Å². The van der Waals surface area contributed by atoms with E-state index in [0.717, 1.165) is 16.8 Å². The van der Waals surface area contributed by atoms with Crippen LogP contribution in [-0.2, 0) is 9.59 Å². The van der Waals surface area contributed by atoms with Crippen molar-refractivity contribution >= 4 is 35.5 Å². The van der Waals surface area contributed by atoms with Crippen LogP contribution in [0.25, 0.3) is 0 Å². The van der Waals surface area contributed by atoms with E-state index in [1.165, 1.54) is 10.5 Å². The highest BCUT2D eigenvalue weighted by molar-refractivity contribution is 7.98. The van der Waals surface area contributed by atoms with Gasteiger partial charge in [-0.15, -0.1) is 11.8 Å². The van der Waals surface area contributed by atoms with Gasteiger partial charge in [0, 0.05) is 23.5 Å². The molecule has 0 bridgehead atoms. The highest BCUT2D eigenvalue weighted by atomic mass is 32.2. The topological polar surface area (TPSA) is 61.8 Å². The average Bonchev–Trinajstić information content (AvgIpc) is 3.06. The third kappa shape index (κ3) is 4.57. The molecule has 2 aromatic rings. The predicted molar refractivity (Wildman–Crippen MR) is 110 cm³/mol. The van der Waals surface area contributed by atoms with E-state index in [4.69, 9.17) is 0 Å². The maximum atomic E-state index is 12.4. The van der Waals surface area contributed by atoms with E-state index in [1.54, 1.807) is 22.9 Å². The number of rotatable bonds is 5. The molecule has 2 aromatic carbocycles. The molecule has 6 heteroatoms. The zero-order chi connectivity index (χ0) is 19.4. The van der Waals surface area contributed by atoms with Gasteiger partial charge in [-0.3, -0.25) is 9.59 Å². The van der Waals surface area contributed by atoms with Gasteiger partial charge in [0.15, 0.2) is 0 Å². The fraction of sp³-hybridized carbons (Fsp3) is 0.286. The molecule has 0 aliphatic carbocycles. The lowest BCUT2D eigenvalue weighted by atomic mass is 10.1. The molecule has 0 spiro atoms. The molecule has 1 heterocycles. The molecular formula is C21H23N3O2S. The van der Waals surface area contributed by atoms with Gasteiger partial charge in [-0.2, -0.15) is 5.10 Å². The highest BCUT2D eigenvalue weighted by Gasteiger charge is 2.35. The fourth-order valence-electron chi connectivity index (χ4n) is 2.98. The van der Waals surface area contributed by atoms with Gasteiger partial charge in [0.2, 0.25) is 11.8 Å². The molecule has 1 aliphatic heterocycles. The lowest BCUT2D eigenvalue weighted by Crippen LogP contribution is -2.30. The molecule has 140 valence electrons. The first-order valence-corrected chi connectivity index (χ1v) is 10.0. The van der Waals surface area contributed by atoms with Crippen molar-refractivity contribution in [1.82, 2.24) is 5.43 Å². The highest BCUT2D eigenvalue weighted by Crippen LogP contribution is 2.26. The Hall–Kier alpha value is -2.60. The van der Waals surface area contributed by atoms with E-state index in [-0.39, 0.29) is 18.2 Å². The third-order valence-corrected chi connectivity index (χ3v) is 5.55. The second-order valence-corrected chi connectivity index (χ2v) is 7.56. The van der Waals surface area contributed by atoms with Gasteiger partial charge in [-0.25, -0.2) is 5.43 Å². The Morgan fingerprint density at radius 2 is 1.93 bits per heavy atom. The summed E-state index contributed by atoms with van der Waals surface area (Å²) in [6.45, 7) is 4.43. The van der Waals surface area contributed by atoms with Gasteiger partial charge in [0.25, 0.3) is 0 Å². The maximum Gasteiger partial charge on any atom is 0.245 e. The second-order valence-electron chi connectivity index (χ2n) is 6.68. The lowest BCUT2D eigenvalue weighted by Gasteiger charge is -2.17. The molecule has 0 radical (unpaired) electrons. The van der Waals surface area contributed by atoms with Gasteiger partial charge in [0.1, 0.15) is 0 Å². The van der Waals surface area contributed by atoms with E-state index >= 15 is 0 Å². The summed E-state index contributed by atoms with van der Waals surface area (Å²) >= 11 is 1.67. The van der Waals surface area contributed by atoms with Gasteiger partial charge in [-0.05, 0) is 61.1 Å². The number of aryl methyl sites for hydroxylation is 2. The lowest BCUT2D eigenvalue weighted by molar-refractivity contribution is -0.126. The molecule has 1 N–H and O–H groups in total. The maximum absolute atomic E-state index is 12.4. The van der Waals surface area contributed by atoms with Gasteiger partial charge >= 0.3 is 0 Å². The number of carbonyl (C=O) groups excluding carboxylic acids is 2. The number of nitrogens with zero attached hydrogens (tertiary/aromatic N) is 2. The van der Waals surface area contributed by atoms with Crippen LogP contribution >= 0.6 is 11.8 Å². The average molecular weight is 382 g/mol. The van der Waals surface area contributed by atoms with E-state index in [1.807, 2.05) is 62.6 Å². The van der Waals surface area contributed by atoms with Crippen LogP contribution in [0.3, 0.4) is 0 Å². The first-order valence-electron chi connectivity index (χ1n) is 8.82. The molecule has 27 heavy (non-hydrogen) atoms. The summed E-state index contributed by atoms with van der Waals surface area (Å²) in [5.74, 6) is -0.656. The molecular weight excluding hydrogens is 358 g/mol. The van der Waals surface area contributed by atoms with Crippen molar-refractivity contribution in [1.29, 1.82) is 0 Å². The summed E-state index contributed by atoms with van der Waals surface area (Å²) in [5.41, 5.74) is 6.62. The van der Waals surface area contributed by atoms with Crippen molar-refractivity contribution in [2.75, 3.05) is 17.7 Å². The number of thioether (sulfide) groups is 1. The Balaban J connectivity index is 1.59. The molecule has 2 amide bonds. The van der Waals surface area contributed by atoms with Gasteiger partial charge in [0.05, 0.1) is 12.1 Å². The Labute approximate surface area is 163 Å². The van der Waals surface area contributed by atoms with Crippen molar-refractivity contribution < 1.29 is 9.59 Å². The zero-order valence-electron chi connectivity index (χ0n) is 15.7. The number of hydrogen-bond acceptors (Lipinski definition) is 4. The summed E-state index contributed by atoms with van der Waals surface area (Å²) in [6.07, 6.45) is 3.84. The van der Waals surface area contributed by atoms with E-state index in [9.17, 15) is 9.59 Å². The Bertz CT molecular complexity index is 877. The van der Waals surface area contributed by atoms with Crippen LogP contribution in [0.5, 0.6) is 0 Å². The van der Waals surface area contributed by atoms with Crippen LogP contribution in [0.1, 0.15) is 23.1 Å². The molecule has 1 aliphatic rings. The first-order chi connectivity index (χ1) is 13.0. The Morgan fingerprint density at radius 3 is 2.59 bits per heavy atom. The fourth-order valence-corrected chi connectivity index (χ4v) is 3.39. The third-order valence-electron chi connectivity index (χ3n) is 4.80. The molecule has 1 fully saturated rings. The SMILES string of the molecule is CSc1ccc(/C=N\NC(=O)[C@H]2CC(=O)N(c3ccc(C)c(C)c3)C2)cc1. The van der Waals surface area contributed by atoms with Gasteiger partial charge in [-0.1, -0.05) is 18.2 Å². The largest absolute Gasteiger partial charge is 0.312 e. The number of benzene rings is 2. The van der Waals surface area contributed by atoms with Crippen LogP contribution in [0.2, 0.25) is 0 Å². The molecule has 1 saturated heterocycles. The summed E-state index contributed by atoms with van der Waals surface area (Å²) in [6, 6.07) is 13.8. The minimum atomic E-state index is -0.393. The van der Waals surface area contributed by atoms with E-state index in [2.05, 4.69) is 10.5 Å². The smallest absolute Gasteiger partial charge is 0.245 e. The minimum absolute atomic E-state index is 0.0324. The predicted octanol–water partition coefficient (Wildman–Crippen LogP) is 3.53. The van der Waals surface area contributed by atoms with E-state index < -0.39 is 5.92 Å². The van der Waals surface area contributed by atoms with Crippen molar-refractivity contribution in [3.05, 3.63) is 59.2 Å². The Morgan fingerprint density at radius 1 is 1.19 bits per heavy atom. The molecule has 0 unspecified atom stereocenters. The zero-order valence-corrected chi connectivity index (χ0v) is 16.5. The second kappa shape index (κ2) is 8.39. The molecule has 1 atom stereocenters. The summed E-state index contributed by atoms with van der Waals surface area (Å²) in [7, 11) is 0. The molecule has 0 saturated carbocycles. The summed E-state index contributed by atoms with van der Waals surface area (Å²) in [5, 5.41) is 4.03. The monoisotopic (exact) mass is 381 g/mol. The van der Waals surface area contributed by atoms with Crippen LogP contribution in [0, 0.1) is 19.8 Å².